The van der Waals surface area contributed by atoms with Gasteiger partial charge in [0.15, 0.2) is 5.78 Å². The van der Waals surface area contributed by atoms with Gasteiger partial charge in [-0.3, -0.25) is 4.79 Å². The molecule has 0 fully saturated rings. The molecule has 0 saturated heterocycles. The summed E-state index contributed by atoms with van der Waals surface area (Å²) in [6.07, 6.45) is 2.12. The third kappa shape index (κ3) is 1.74. The van der Waals surface area contributed by atoms with Crippen molar-refractivity contribution in [3.8, 4) is 0 Å². The fourth-order valence-electron chi connectivity index (χ4n) is 1.15. The van der Waals surface area contributed by atoms with E-state index in [0.29, 0.717) is 17.9 Å². The van der Waals surface area contributed by atoms with E-state index in [1.807, 2.05) is 6.07 Å². The fraction of sp³-hybridized carbons (Fsp3) is 0.200. The minimum absolute atomic E-state index is 0.0977. The monoisotopic (exact) mass is 191 g/mol. The predicted molar refractivity (Wildman–Crippen MR) is 48.0 cm³/mol. The van der Waals surface area contributed by atoms with E-state index in [1.165, 1.54) is 6.92 Å². The van der Waals surface area contributed by atoms with Crippen LogP contribution in [-0.2, 0) is 6.42 Å². The SMILES string of the molecule is CC(=O)c1cc(Cc2ccco2)on1. The molecule has 2 rings (SSSR count). The van der Waals surface area contributed by atoms with Crippen molar-refractivity contribution in [3.05, 3.63) is 41.7 Å². The standard InChI is InChI=1S/C10H9NO3/c1-7(12)10-6-9(14-11-10)5-8-3-2-4-13-8/h2-4,6H,5H2,1H3. The van der Waals surface area contributed by atoms with Gasteiger partial charge in [-0.05, 0) is 12.1 Å². The van der Waals surface area contributed by atoms with Crippen molar-refractivity contribution in [1.29, 1.82) is 0 Å². The number of hydrogen-bond donors (Lipinski definition) is 0. The zero-order chi connectivity index (χ0) is 9.97. The Bertz CT molecular complexity index is 428. The highest BCUT2D eigenvalue weighted by Crippen LogP contribution is 2.11. The molecule has 0 unspecified atom stereocenters. The molecule has 0 aliphatic rings. The van der Waals surface area contributed by atoms with Gasteiger partial charge >= 0.3 is 0 Å². The fourth-order valence-corrected chi connectivity index (χ4v) is 1.15. The molecule has 0 radical (unpaired) electrons. The van der Waals surface area contributed by atoms with Crippen LogP contribution >= 0.6 is 0 Å². The molecule has 2 heterocycles. The molecular weight excluding hydrogens is 182 g/mol. The van der Waals surface area contributed by atoms with E-state index in [9.17, 15) is 4.79 Å². The number of carbonyl (C=O) groups is 1. The maximum absolute atomic E-state index is 10.9. The van der Waals surface area contributed by atoms with Gasteiger partial charge < -0.3 is 8.94 Å². The lowest BCUT2D eigenvalue weighted by Gasteiger charge is -1.88. The van der Waals surface area contributed by atoms with E-state index >= 15 is 0 Å². The number of ketones is 1. The molecule has 4 nitrogen and oxygen atoms in total. The van der Waals surface area contributed by atoms with Gasteiger partial charge in [-0.25, -0.2) is 0 Å². The number of Topliss-reactive ketones (excluding diaryl/α,β-unsaturated/α-hetero) is 1. The summed E-state index contributed by atoms with van der Waals surface area (Å²) in [7, 11) is 0. The van der Waals surface area contributed by atoms with Gasteiger partial charge in [-0.1, -0.05) is 5.16 Å². The number of furan rings is 1. The van der Waals surface area contributed by atoms with Crippen molar-refractivity contribution in [1.82, 2.24) is 5.16 Å². The molecule has 0 saturated carbocycles. The molecule has 0 amide bonds. The summed E-state index contributed by atoms with van der Waals surface area (Å²) in [5.41, 5.74) is 0.353. The Morgan fingerprint density at radius 3 is 2.93 bits per heavy atom. The third-order valence-corrected chi connectivity index (χ3v) is 1.85. The Morgan fingerprint density at radius 1 is 1.50 bits per heavy atom. The molecule has 0 spiro atoms. The highest BCUT2D eigenvalue weighted by atomic mass is 16.5. The Labute approximate surface area is 80.5 Å². The molecule has 14 heavy (non-hydrogen) atoms. The molecule has 2 aromatic rings. The number of nitrogens with zero attached hydrogens (tertiary/aromatic N) is 1. The minimum atomic E-state index is -0.0977. The molecule has 2 aromatic heterocycles. The van der Waals surface area contributed by atoms with Gasteiger partial charge in [-0.15, -0.1) is 0 Å². The summed E-state index contributed by atoms with van der Waals surface area (Å²) in [6, 6.07) is 5.28. The summed E-state index contributed by atoms with van der Waals surface area (Å²) in [5, 5.41) is 3.63. The van der Waals surface area contributed by atoms with Crippen LogP contribution in [0.3, 0.4) is 0 Å². The van der Waals surface area contributed by atoms with Gasteiger partial charge in [0.1, 0.15) is 17.2 Å². The zero-order valence-corrected chi connectivity index (χ0v) is 7.69. The second-order valence-electron chi connectivity index (χ2n) is 2.99. The maximum Gasteiger partial charge on any atom is 0.181 e. The average Bonchev–Trinajstić information content (AvgIpc) is 2.75. The molecule has 0 aromatic carbocycles. The quantitative estimate of drug-likeness (QED) is 0.697. The molecule has 72 valence electrons. The minimum Gasteiger partial charge on any atom is -0.469 e. The van der Waals surface area contributed by atoms with Gasteiger partial charge in [0.05, 0.1) is 12.7 Å². The Hall–Kier alpha value is -1.84. The molecule has 0 N–H and O–H groups in total. The summed E-state index contributed by atoms with van der Waals surface area (Å²) in [6.45, 7) is 1.45. The van der Waals surface area contributed by atoms with Crippen LogP contribution in [0.2, 0.25) is 0 Å². The molecular formula is C10H9NO3. The first kappa shape index (κ1) is 8.74. The lowest BCUT2D eigenvalue weighted by Crippen LogP contribution is -1.89. The first-order valence-electron chi connectivity index (χ1n) is 4.24. The Kier molecular flexibility index (Phi) is 2.18. The van der Waals surface area contributed by atoms with Crippen LogP contribution in [0.4, 0.5) is 0 Å². The van der Waals surface area contributed by atoms with Gasteiger partial charge in [0.2, 0.25) is 0 Å². The van der Waals surface area contributed by atoms with Crippen molar-refractivity contribution in [2.75, 3.05) is 0 Å². The normalized spacial score (nSPS) is 10.4. The number of rotatable bonds is 3. The molecule has 4 heteroatoms. The summed E-state index contributed by atoms with van der Waals surface area (Å²) < 4.78 is 10.1. The number of aromatic nitrogens is 1. The van der Waals surface area contributed by atoms with E-state index in [4.69, 9.17) is 8.94 Å². The average molecular weight is 191 g/mol. The van der Waals surface area contributed by atoms with Crippen LogP contribution in [-0.4, -0.2) is 10.9 Å². The Morgan fingerprint density at radius 2 is 2.36 bits per heavy atom. The topological polar surface area (TPSA) is 56.2 Å². The summed E-state index contributed by atoms with van der Waals surface area (Å²) in [4.78, 5) is 10.9. The first-order valence-corrected chi connectivity index (χ1v) is 4.24. The maximum atomic E-state index is 10.9. The van der Waals surface area contributed by atoms with E-state index in [2.05, 4.69) is 5.16 Å². The van der Waals surface area contributed by atoms with Crippen molar-refractivity contribution in [2.24, 2.45) is 0 Å². The van der Waals surface area contributed by atoms with Gasteiger partial charge in [0, 0.05) is 13.0 Å². The van der Waals surface area contributed by atoms with E-state index in [1.54, 1.807) is 18.4 Å². The largest absolute Gasteiger partial charge is 0.469 e. The highest BCUT2D eigenvalue weighted by molar-refractivity contribution is 5.91. The summed E-state index contributed by atoms with van der Waals surface area (Å²) in [5.74, 6) is 1.32. The number of hydrogen-bond acceptors (Lipinski definition) is 4. The Balaban J connectivity index is 2.14. The lowest BCUT2D eigenvalue weighted by molar-refractivity contribution is 0.100. The zero-order valence-electron chi connectivity index (χ0n) is 7.69. The van der Waals surface area contributed by atoms with E-state index in [-0.39, 0.29) is 5.78 Å². The van der Waals surface area contributed by atoms with Crippen LogP contribution < -0.4 is 0 Å². The molecule has 0 aliphatic heterocycles. The van der Waals surface area contributed by atoms with Gasteiger partial charge in [0.25, 0.3) is 0 Å². The van der Waals surface area contributed by atoms with E-state index in [0.717, 1.165) is 5.76 Å². The van der Waals surface area contributed by atoms with E-state index < -0.39 is 0 Å². The molecule has 0 bridgehead atoms. The second-order valence-corrected chi connectivity index (χ2v) is 2.99. The predicted octanol–water partition coefficient (Wildman–Crippen LogP) is 2.06. The van der Waals surface area contributed by atoms with Crippen molar-refractivity contribution in [2.45, 2.75) is 13.3 Å². The first-order chi connectivity index (χ1) is 6.75. The van der Waals surface area contributed by atoms with Crippen molar-refractivity contribution < 1.29 is 13.7 Å². The van der Waals surface area contributed by atoms with Gasteiger partial charge in [-0.2, -0.15) is 0 Å². The summed E-state index contributed by atoms with van der Waals surface area (Å²) >= 11 is 0. The van der Waals surface area contributed by atoms with Crippen LogP contribution in [0, 0.1) is 0 Å². The van der Waals surface area contributed by atoms with Crippen molar-refractivity contribution >= 4 is 5.78 Å². The van der Waals surface area contributed by atoms with Crippen LogP contribution in [0.25, 0.3) is 0 Å². The van der Waals surface area contributed by atoms with Crippen molar-refractivity contribution in [3.63, 3.8) is 0 Å². The third-order valence-electron chi connectivity index (χ3n) is 1.85. The highest BCUT2D eigenvalue weighted by Gasteiger charge is 2.09. The van der Waals surface area contributed by atoms with Crippen LogP contribution in [0.1, 0.15) is 28.9 Å². The smallest absolute Gasteiger partial charge is 0.181 e. The second kappa shape index (κ2) is 3.49. The molecule has 0 aliphatic carbocycles. The lowest BCUT2D eigenvalue weighted by atomic mass is 10.2. The molecule has 0 atom stereocenters. The van der Waals surface area contributed by atoms with Crippen LogP contribution in [0.15, 0.2) is 33.4 Å². The van der Waals surface area contributed by atoms with Crippen LogP contribution in [0.5, 0.6) is 0 Å². The number of carbonyl (C=O) groups excluding carboxylic acids is 1.